The van der Waals surface area contributed by atoms with Crippen molar-refractivity contribution in [2.75, 3.05) is 5.32 Å². The first-order chi connectivity index (χ1) is 8.00. The number of carbonyl (C=O) groups excluding carboxylic acids is 1. The van der Waals surface area contributed by atoms with Crippen molar-refractivity contribution in [3.63, 3.8) is 0 Å². The highest BCUT2D eigenvalue weighted by Gasteiger charge is 2.23. The summed E-state index contributed by atoms with van der Waals surface area (Å²) >= 11 is 0. The molecule has 0 fully saturated rings. The summed E-state index contributed by atoms with van der Waals surface area (Å²) in [4.78, 5) is 11.5. The van der Waals surface area contributed by atoms with Gasteiger partial charge in [0.25, 0.3) is 0 Å². The highest BCUT2D eigenvalue weighted by Crippen LogP contribution is 2.21. The molecule has 0 aliphatic carbocycles. The monoisotopic (exact) mass is 257 g/mol. The lowest BCUT2D eigenvalue weighted by atomic mass is 10.1. The number of aromatic nitrogens is 2. The quantitative estimate of drug-likeness (QED) is 0.841. The first-order valence-corrected chi connectivity index (χ1v) is 5.75. The summed E-state index contributed by atoms with van der Waals surface area (Å²) in [5.74, 6) is -0.589. The SMILES string of the molecule is CC(C)(C)OC(=O)Nc1cnn(C(C)(C)C)c1F. The van der Waals surface area contributed by atoms with Crippen molar-refractivity contribution in [1.29, 1.82) is 0 Å². The molecule has 0 saturated heterocycles. The van der Waals surface area contributed by atoms with Gasteiger partial charge in [-0.3, -0.25) is 5.32 Å². The number of halogens is 1. The standard InChI is InChI=1S/C12H20FN3O2/c1-11(2,3)16-9(13)8(7-14-16)15-10(17)18-12(4,5)6/h7H,1-6H3,(H,15,17). The molecular weight excluding hydrogens is 237 g/mol. The van der Waals surface area contributed by atoms with Crippen molar-refractivity contribution in [2.45, 2.75) is 52.7 Å². The molecule has 0 aromatic carbocycles. The molecule has 1 aromatic rings. The van der Waals surface area contributed by atoms with E-state index in [2.05, 4.69) is 10.4 Å². The second kappa shape index (κ2) is 4.59. The van der Waals surface area contributed by atoms with Crippen LogP contribution in [0.4, 0.5) is 14.9 Å². The van der Waals surface area contributed by atoms with Crippen LogP contribution in [-0.4, -0.2) is 21.5 Å². The molecule has 0 radical (unpaired) electrons. The fraction of sp³-hybridized carbons (Fsp3) is 0.667. The molecule has 1 heterocycles. The fourth-order valence-corrected chi connectivity index (χ4v) is 1.30. The number of rotatable bonds is 1. The van der Waals surface area contributed by atoms with Crippen molar-refractivity contribution in [3.8, 4) is 0 Å². The van der Waals surface area contributed by atoms with Crippen LogP contribution < -0.4 is 5.32 Å². The van der Waals surface area contributed by atoms with Crippen molar-refractivity contribution in [3.05, 3.63) is 12.1 Å². The third-order valence-electron chi connectivity index (χ3n) is 1.98. The third kappa shape index (κ3) is 3.72. The topological polar surface area (TPSA) is 56.1 Å². The van der Waals surface area contributed by atoms with E-state index in [-0.39, 0.29) is 5.69 Å². The van der Waals surface area contributed by atoms with Gasteiger partial charge in [0.05, 0.1) is 11.7 Å². The molecule has 1 N–H and O–H groups in total. The van der Waals surface area contributed by atoms with E-state index in [1.165, 1.54) is 10.9 Å². The van der Waals surface area contributed by atoms with Crippen LogP contribution in [0.1, 0.15) is 41.5 Å². The molecule has 0 unspecified atom stereocenters. The first-order valence-electron chi connectivity index (χ1n) is 5.75. The first kappa shape index (κ1) is 14.5. The Labute approximate surface area is 106 Å². The van der Waals surface area contributed by atoms with Gasteiger partial charge in [-0.25, -0.2) is 9.48 Å². The van der Waals surface area contributed by atoms with Crippen LogP contribution in [0.15, 0.2) is 6.20 Å². The average molecular weight is 257 g/mol. The van der Waals surface area contributed by atoms with Gasteiger partial charge in [-0.05, 0) is 41.5 Å². The molecule has 1 rings (SSSR count). The van der Waals surface area contributed by atoms with E-state index in [0.29, 0.717) is 0 Å². The van der Waals surface area contributed by atoms with E-state index < -0.39 is 23.2 Å². The zero-order valence-corrected chi connectivity index (χ0v) is 11.7. The van der Waals surface area contributed by atoms with Gasteiger partial charge in [0.15, 0.2) is 0 Å². The van der Waals surface area contributed by atoms with Gasteiger partial charge < -0.3 is 4.74 Å². The summed E-state index contributed by atoms with van der Waals surface area (Å²) in [7, 11) is 0. The number of anilines is 1. The third-order valence-corrected chi connectivity index (χ3v) is 1.98. The average Bonchev–Trinajstić information content (AvgIpc) is 2.43. The van der Waals surface area contributed by atoms with E-state index in [1.807, 2.05) is 20.8 Å². The fourth-order valence-electron chi connectivity index (χ4n) is 1.30. The summed E-state index contributed by atoms with van der Waals surface area (Å²) in [6.07, 6.45) is 0.569. The van der Waals surface area contributed by atoms with Gasteiger partial charge in [-0.15, -0.1) is 0 Å². The number of nitrogens with zero attached hydrogens (tertiary/aromatic N) is 2. The summed E-state index contributed by atoms with van der Waals surface area (Å²) < 4.78 is 20.2. The van der Waals surface area contributed by atoms with E-state index in [4.69, 9.17) is 4.74 Å². The predicted molar refractivity (Wildman–Crippen MR) is 67.0 cm³/mol. The van der Waals surface area contributed by atoms with Gasteiger partial charge in [0.1, 0.15) is 11.3 Å². The molecule has 5 nitrogen and oxygen atoms in total. The second-order valence-corrected chi connectivity index (χ2v) is 6.06. The van der Waals surface area contributed by atoms with Gasteiger partial charge in [0, 0.05) is 0 Å². The van der Waals surface area contributed by atoms with Crippen LogP contribution in [0.5, 0.6) is 0 Å². The Morgan fingerprint density at radius 2 is 1.89 bits per heavy atom. The van der Waals surface area contributed by atoms with Crippen molar-refractivity contribution in [1.82, 2.24) is 9.78 Å². The van der Waals surface area contributed by atoms with Crippen LogP contribution in [0.25, 0.3) is 0 Å². The van der Waals surface area contributed by atoms with Gasteiger partial charge in [-0.1, -0.05) is 0 Å². The maximum Gasteiger partial charge on any atom is 0.412 e. The number of carbonyl (C=O) groups is 1. The molecule has 0 saturated carbocycles. The number of hydrogen-bond acceptors (Lipinski definition) is 3. The van der Waals surface area contributed by atoms with E-state index in [1.54, 1.807) is 20.8 Å². The van der Waals surface area contributed by atoms with Crippen LogP contribution in [0.2, 0.25) is 0 Å². The summed E-state index contributed by atoms with van der Waals surface area (Å²) in [6.45, 7) is 10.7. The minimum atomic E-state index is -0.699. The molecule has 0 aliphatic rings. The highest BCUT2D eigenvalue weighted by atomic mass is 19.1. The minimum Gasteiger partial charge on any atom is -0.444 e. The number of nitrogens with one attached hydrogen (secondary N) is 1. The van der Waals surface area contributed by atoms with Gasteiger partial charge >= 0.3 is 6.09 Å². The lowest BCUT2D eigenvalue weighted by molar-refractivity contribution is 0.0635. The van der Waals surface area contributed by atoms with Crippen molar-refractivity contribution in [2.24, 2.45) is 0 Å². The van der Waals surface area contributed by atoms with Gasteiger partial charge in [0.2, 0.25) is 5.95 Å². The zero-order chi connectivity index (χ0) is 14.1. The van der Waals surface area contributed by atoms with Crippen LogP contribution in [0, 0.1) is 5.95 Å². The Morgan fingerprint density at radius 1 is 1.33 bits per heavy atom. The maximum absolute atomic E-state index is 14.0. The van der Waals surface area contributed by atoms with Crippen LogP contribution in [-0.2, 0) is 10.3 Å². The molecule has 1 amide bonds. The molecule has 6 heteroatoms. The van der Waals surface area contributed by atoms with Crippen molar-refractivity contribution >= 4 is 11.8 Å². The number of amides is 1. The van der Waals surface area contributed by atoms with Crippen LogP contribution in [0.3, 0.4) is 0 Å². The predicted octanol–water partition coefficient (Wildman–Crippen LogP) is 3.12. The molecule has 0 bridgehead atoms. The van der Waals surface area contributed by atoms with E-state index in [9.17, 15) is 9.18 Å². The van der Waals surface area contributed by atoms with Gasteiger partial charge in [-0.2, -0.15) is 9.49 Å². The lowest BCUT2D eigenvalue weighted by Crippen LogP contribution is -2.28. The Bertz CT molecular complexity index is 441. The highest BCUT2D eigenvalue weighted by molar-refractivity contribution is 5.84. The molecule has 0 aliphatic heterocycles. The van der Waals surface area contributed by atoms with Crippen molar-refractivity contribution < 1.29 is 13.9 Å². The Balaban J connectivity index is 2.82. The van der Waals surface area contributed by atoms with Crippen LogP contribution >= 0.6 is 0 Å². The summed E-state index contributed by atoms with van der Waals surface area (Å²) in [6, 6.07) is 0. The lowest BCUT2D eigenvalue weighted by Gasteiger charge is -2.20. The van der Waals surface area contributed by atoms with E-state index >= 15 is 0 Å². The summed E-state index contributed by atoms with van der Waals surface area (Å²) in [5.41, 5.74) is -1.10. The summed E-state index contributed by atoms with van der Waals surface area (Å²) in [5, 5.41) is 6.25. The molecule has 0 spiro atoms. The molecular formula is C12H20FN3O2. The Kier molecular flexibility index (Phi) is 3.69. The van der Waals surface area contributed by atoms with E-state index in [0.717, 1.165) is 0 Å². The minimum absolute atomic E-state index is 0.0131. The number of ether oxygens (including phenoxy) is 1. The zero-order valence-electron chi connectivity index (χ0n) is 11.7. The second-order valence-electron chi connectivity index (χ2n) is 6.06. The largest absolute Gasteiger partial charge is 0.444 e. The number of hydrogen-bond donors (Lipinski definition) is 1. The molecule has 102 valence electrons. The Hall–Kier alpha value is -1.59. The smallest absolute Gasteiger partial charge is 0.412 e. The Morgan fingerprint density at radius 3 is 2.28 bits per heavy atom. The molecule has 0 atom stereocenters. The maximum atomic E-state index is 14.0. The normalized spacial score (nSPS) is 12.4. The molecule has 18 heavy (non-hydrogen) atoms. The molecule has 1 aromatic heterocycles.